The fraction of sp³-hybridized carbons (Fsp3) is 0.818. The predicted molar refractivity (Wildman–Crippen MR) is 60.8 cm³/mol. The van der Waals surface area contributed by atoms with E-state index in [0.29, 0.717) is 6.79 Å². The van der Waals surface area contributed by atoms with Gasteiger partial charge in [0.15, 0.2) is 0 Å². The highest BCUT2D eigenvalue weighted by atomic mass is 35.5. The van der Waals surface area contributed by atoms with Crippen molar-refractivity contribution in [2.24, 2.45) is 0 Å². The summed E-state index contributed by atoms with van der Waals surface area (Å²) in [7, 11) is 1.63. The molecule has 2 nitrogen and oxygen atoms in total. The SMILES string of the molecule is COCOCCC=CCCCCCCl. The molecule has 0 heterocycles. The molecule has 3 heteroatoms. The van der Waals surface area contributed by atoms with Crippen molar-refractivity contribution in [2.45, 2.75) is 32.1 Å². The van der Waals surface area contributed by atoms with E-state index in [-0.39, 0.29) is 0 Å². The number of ether oxygens (including phenoxy) is 2. The number of unbranched alkanes of at least 4 members (excludes halogenated alkanes) is 3. The molecule has 0 atom stereocenters. The lowest BCUT2D eigenvalue weighted by atomic mass is 10.2. The van der Waals surface area contributed by atoms with Crippen LogP contribution in [0.15, 0.2) is 12.2 Å². The molecule has 0 aromatic heterocycles. The molecule has 0 N–H and O–H groups in total. The van der Waals surface area contributed by atoms with Crippen molar-refractivity contribution in [3.63, 3.8) is 0 Å². The van der Waals surface area contributed by atoms with Crippen molar-refractivity contribution in [3.8, 4) is 0 Å². The van der Waals surface area contributed by atoms with Crippen LogP contribution in [0, 0.1) is 0 Å². The van der Waals surface area contributed by atoms with Crippen LogP contribution in [0.2, 0.25) is 0 Å². The third-order valence-electron chi connectivity index (χ3n) is 1.80. The van der Waals surface area contributed by atoms with Gasteiger partial charge >= 0.3 is 0 Å². The second-order valence-electron chi connectivity index (χ2n) is 3.11. The summed E-state index contributed by atoms with van der Waals surface area (Å²) in [6, 6.07) is 0. The lowest BCUT2D eigenvalue weighted by Gasteiger charge is -1.98. The van der Waals surface area contributed by atoms with E-state index >= 15 is 0 Å². The maximum Gasteiger partial charge on any atom is 0.146 e. The summed E-state index contributed by atoms with van der Waals surface area (Å²) in [6.07, 6.45) is 10.1. The molecule has 0 radical (unpaired) electrons. The summed E-state index contributed by atoms with van der Waals surface area (Å²) >= 11 is 5.57. The maximum absolute atomic E-state index is 5.57. The Morgan fingerprint density at radius 1 is 1.07 bits per heavy atom. The fourth-order valence-electron chi connectivity index (χ4n) is 1.06. The minimum Gasteiger partial charge on any atom is -0.359 e. The second-order valence-corrected chi connectivity index (χ2v) is 3.49. The van der Waals surface area contributed by atoms with Crippen molar-refractivity contribution in [1.29, 1.82) is 0 Å². The van der Waals surface area contributed by atoms with Gasteiger partial charge in [0.05, 0.1) is 6.61 Å². The van der Waals surface area contributed by atoms with E-state index in [1.807, 2.05) is 0 Å². The number of hydrogen-bond donors (Lipinski definition) is 0. The molecule has 0 aliphatic rings. The molecular weight excluding hydrogens is 200 g/mol. The molecule has 0 aliphatic heterocycles. The molecule has 0 saturated carbocycles. The number of methoxy groups -OCH3 is 1. The van der Waals surface area contributed by atoms with Crippen LogP contribution >= 0.6 is 11.6 Å². The summed E-state index contributed by atoms with van der Waals surface area (Å²) < 4.78 is 9.89. The van der Waals surface area contributed by atoms with E-state index in [9.17, 15) is 0 Å². The summed E-state index contributed by atoms with van der Waals surface area (Å²) in [6.45, 7) is 1.13. The zero-order valence-corrected chi connectivity index (χ0v) is 9.76. The van der Waals surface area contributed by atoms with Gasteiger partial charge in [0.2, 0.25) is 0 Å². The van der Waals surface area contributed by atoms with Gasteiger partial charge in [-0.25, -0.2) is 0 Å². The van der Waals surface area contributed by atoms with Crippen LogP contribution in [0.25, 0.3) is 0 Å². The fourth-order valence-corrected chi connectivity index (χ4v) is 1.25. The topological polar surface area (TPSA) is 18.5 Å². The van der Waals surface area contributed by atoms with E-state index in [1.165, 1.54) is 12.8 Å². The zero-order valence-electron chi connectivity index (χ0n) is 9.01. The van der Waals surface area contributed by atoms with Crippen LogP contribution in [0.5, 0.6) is 0 Å². The minimum atomic E-state index is 0.392. The molecule has 0 bridgehead atoms. The van der Waals surface area contributed by atoms with Gasteiger partial charge in [0.25, 0.3) is 0 Å². The lowest BCUT2D eigenvalue weighted by molar-refractivity contribution is -0.0285. The van der Waals surface area contributed by atoms with Crippen LogP contribution in [-0.2, 0) is 9.47 Å². The highest BCUT2D eigenvalue weighted by Gasteiger charge is 1.85. The summed E-state index contributed by atoms with van der Waals surface area (Å²) in [5.41, 5.74) is 0. The van der Waals surface area contributed by atoms with Crippen molar-refractivity contribution in [2.75, 3.05) is 26.4 Å². The van der Waals surface area contributed by atoms with E-state index in [1.54, 1.807) is 7.11 Å². The maximum atomic E-state index is 5.57. The standard InChI is InChI=1S/C11H21ClO2/c1-13-11-14-10-8-6-4-2-3-5-7-9-12/h4,6H,2-3,5,7-11H2,1H3. The average Bonchev–Trinajstić information content (AvgIpc) is 2.21. The van der Waals surface area contributed by atoms with Crippen LogP contribution in [0.3, 0.4) is 0 Å². The van der Waals surface area contributed by atoms with E-state index in [2.05, 4.69) is 12.2 Å². The summed E-state index contributed by atoms with van der Waals surface area (Å²) in [5, 5.41) is 0. The first kappa shape index (κ1) is 13.9. The quantitative estimate of drug-likeness (QED) is 0.243. The predicted octanol–water partition coefficient (Wildman–Crippen LogP) is 3.35. The molecule has 0 spiro atoms. The average molecular weight is 221 g/mol. The Kier molecular flexibility index (Phi) is 12.9. The zero-order chi connectivity index (χ0) is 10.5. The third kappa shape index (κ3) is 11.9. The van der Waals surface area contributed by atoms with Gasteiger partial charge in [-0.05, 0) is 25.7 Å². The van der Waals surface area contributed by atoms with Crippen molar-refractivity contribution < 1.29 is 9.47 Å². The monoisotopic (exact) mass is 220 g/mol. The Bertz CT molecular complexity index is 112. The van der Waals surface area contributed by atoms with Crippen molar-refractivity contribution in [1.82, 2.24) is 0 Å². The van der Waals surface area contributed by atoms with Crippen molar-refractivity contribution in [3.05, 3.63) is 12.2 Å². The molecular formula is C11H21ClO2. The molecule has 0 rings (SSSR count). The van der Waals surface area contributed by atoms with E-state index in [0.717, 1.165) is 31.7 Å². The molecule has 0 aliphatic carbocycles. The number of halogens is 1. The lowest BCUT2D eigenvalue weighted by Crippen LogP contribution is -1.96. The van der Waals surface area contributed by atoms with Gasteiger partial charge in [-0.3, -0.25) is 0 Å². The van der Waals surface area contributed by atoms with Gasteiger partial charge in [0.1, 0.15) is 6.79 Å². The number of rotatable bonds is 10. The van der Waals surface area contributed by atoms with E-state index in [4.69, 9.17) is 21.1 Å². The van der Waals surface area contributed by atoms with Crippen molar-refractivity contribution >= 4 is 11.6 Å². The van der Waals surface area contributed by atoms with Gasteiger partial charge in [-0.15, -0.1) is 11.6 Å². The van der Waals surface area contributed by atoms with E-state index < -0.39 is 0 Å². The molecule has 14 heavy (non-hydrogen) atoms. The highest BCUT2D eigenvalue weighted by molar-refractivity contribution is 6.17. The molecule has 0 amide bonds. The van der Waals surface area contributed by atoms with Gasteiger partial charge in [-0.1, -0.05) is 18.6 Å². The number of allylic oxidation sites excluding steroid dienone is 1. The van der Waals surface area contributed by atoms with Crippen LogP contribution < -0.4 is 0 Å². The minimum absolute atomic E-state index is 0.392. The second kappa shape index (κ2) is 12.9. The van der Waals surface area contributed by atoms with Gasteiger partial charge in [0, 0.05) is 13.0 Å². The summed E-state index contributed by atoms with van der Waals surface area (Å²) in [4.78, 5) is 0. The Hall–Kier alpha value is -0.0500. The first-order valence-electron chi connectivity index (χ1n) is 5.19. The molecule has 0 unspecified atom stereocenters. The molecule has 84 valence electrons. The molecule has 0 fully saturated rings. The molecule has 0 saturated heterocycles. The van der Waals surface area contributed by atoms with Gasteiger partial charge in [-0.2, -0.15) is 0 Å². The van der Waals surface area contributed by atoms with Crippen LogP contribution in [0.4, 0.5) is 0 Å². The normalized spacial score (nSPS) is 11.3. The summed E-state index contributed by atoms with van der Waals surface area (Å²) in [5.74, 6) is 0.786. The molecule has 0 aromatic rings. The number of alkyl halides is 1. The smallest absolute Gasteiger partial charge is 0.146 e. The van der Waals surface area contributed by atoms with Crippen LogP contribution in [0.1, 0.15) is 32.1 Å². The number of hydrogen-bond acceptors (Lipinski definition) is 2. The Morgan fingerprint density at radius 2 is 1.86 bits per heavy atom. The Balaban J connectivity index is 2.96. The first-order valence-corrected chi connectivity index (χ1v) is 5.73. The Morgan fingerprint density at radius 3 is 2.57 bits per heavy atom. The molecule has 0 aromatic carbocycles. The Labute approximate surface area is 92.2 Å². The largest absolute Gasteiger partial charge is 0.359 e. The third-order valence-corrected chi connectivity index (χ3v) is 2.07. The highest BCUT2D eigenvalue weighted by Crippen LogP contribution is 2.02. The van der Waals surface area contributed by atoms with Gasteiger partial charge < -0.3 is 9.47 Å². The first-order chi connectivity index (χ1) is 6.91. The van der Waals surface area contributed by atoms with Crippen LogP contribution in [-0.4, -0.2) is 26.4 Å².